The lowest BCUT2D eigenvalue weighted by Crippen LogP contribution is -2.31. The molecular weight excluding hydrogens is 512 g/mol. The molecule has 5 rings (SSSR count). The van der Waals surface area contributed by atoms with Crippen LogP contribution in [0.1, 0.15) is 51.8 Å². The minimum Gasteiger partial charge on any atom is -0.344 e. The summed E-state index contributed by atoms with van der Waals surface area (Å²) in [5.74, 6) is -0.733. The molecule has 0 bridgehead atoms. The van der Waals surface area contributed by atoms with Gasteiger partial charge in [0.05, 0.1) is 18.3 Å². The molecule has 0 radical (unpaired) electrons. The Morgan fingerprint density at radius 2 is 1.95 bits per heavy atom. The number of nitrogens with zero attached hydrogens (tertiary/aromatic N) is 4. The first-order valence-corrected chi connectivity index (χ1v) is 12.4. The van der Waals surface area contributed by atoms with Crippen LogP contribution in [-0.2, 0) is 19.8 Å². The molecule has 1 fully saturated rings. The highest BCUT2D eigenvalue weighted by molar-refractivity contribution is 5.93. The van der Waals surface area contributed by atoms with Gasteiger partial charge in [0.25, 0.3) is 5.91 Å². The van der Waals surface area contributed by atoms with Crippen molar-refractivity contribution in [3.05, 3.63) is 101 Å². The van der Waals surface area contributed by atoms with Crippen LogP contribution in [0.15, 0.2) is 61.1 Å². The molecule has 3 heterocycles. The minimum absolute atomic E-state index is 0.0539. The molecule has 1 amide bonds. The fourth-order valence-corrected chi connectivity index (χ4v) is 4.60. The number of hydrogen-bond donors (Lipinski definition) is 2. The van der Waals surface area contributed by atoms with Crippen molar-refractivity contribution in [2.24, 2.45) is 13.0 Å². The maximum absolute atomic E-state index is 13.9. The number of benzene rings is 1. The van der Waals surface area contributed by atoms with Gasteiger partial charge in [0.15, 0.2) is 5.69 Å². The van der Waals surface area contributed by atoms with Gasteiger partial charge in [0.1, 0.15) is 11.5 Å². The second-order valence-corrected chi connectivity index (χ2v) is 9.80. The maximum Gasteiger partial charge on any atom is 0.434 e. The second kappa shape index (κ2) is 10.1. The van der Waals surface area contributed by atoms with Gasteiger partial charge in [0.2, 0.25) is 5.62 Å². The largest absolute Gasteiger partial charge is 0.434 e. The predicted octanol–water partition coefficient (Wildman–Crippen LogP) is 5.16. The van der Waals surface area contributed by atoms with Gasteiger partial charge in [-0.2, -0.15) is 13.2 Å². The van der Waals surface area contributed by atoms with Crippen LogP contribution in [0.25, 0.3) is 11.3 Å². The third-order valence-corrected chi connectivity index (χ3v) is 6.82. The van der Waals surface area contributed by atoms with E-state index in [1.165, 1.54) is 30.3 Å². The Labute approximate surface area is 221 Å². The molecule has 0 aliphatic heterocycles. The maximum atomic E-state index is 13.9. The molecule has 202 valence electrons. The Balaban J connectivity index is 1.56. The smallest absolute Gasteiger partial charge is 0.344 e. The Bertz CT molecular complexity index is 1600. The summed E-state index contributed by atoms with van der Waals surface area (Å²) in [7, 11) is 1.70. The summed E-state index contributed by atoms with van der Waals surface area (Å²) in [4.78, 5) is 21.4. The summed E-state index contributed by atoms with van der Waals surface area (Å²) >= 11 is 0. The van der Waals surface area contributed by atoms with E-state index in [4.69, 9.17) is 5.41 Å². The zero-order valence-electron chi connectivity index (χ0n) is 21.3. The van der Waals surface area contributed by atoms with Crippen LogP contribution in [-0.4, -0.2) is 25.0 Å². The monoisotopic (exact) mass is 538 g/mol. The van der Waals surface area contributed by atoms with Gasteiger partial charge in [-0.05, 0) is 72.7 Å². The second-order valence-electron chi connectivity index (χ2n) is 9.80. The topological polar surface area (TPSA) is 88.6 Å². The van der Waals surface area contributed by atoms with E-state index in [9.17, 15) is 22.4 Å². The van der Waals surface area contributed by atoms with Gasteiger partial charge in [-0.25, -0.2) is 9.37 Å². The highest BCUT2D eigenvalue weighted by Gasteiger charge is 2.37. The van der Waals surface area contributed by atoms with Gasteiger partial charge in [-0.1, -0.05) is 12.1 Å². The number of alkyl halides is 3. The number of halogens is 4. The van der Waals surface area contributed by atoms with Gasteiger partial charge in [-0.3, -0.25) is 15.2 Å². The number of amides is 1. The summed E-state index contributed by atoms with van der Waals surface area (Å²) < 4.78 is 58.4. The minimum atomic E-state index is -4.73. The van der Waals surface area contributed by atoms with E-state index in [1.807, 2.05) is 0 Å². The Morgan fingerprint density at radius 3 is 2.59 bits per heavy atom. The van der Waals surface area contributed by atoms with E-state index in [2.05, 4.69) is 15.3 Å². The number of pyridine rings is 2. The number of aromatic nitrogens is 4. The summed E-state index contributed by atoms with van der Waals surface area (Å²) in [5, 5.41) is 11.2. The number of hydrogen-bond acceptors (Lipinski definition) is 4. The van der Waals surface area contributed by atoms with E-state index in [0.717, 1.165) is 24.6 Å². The number of rotatable bonds is 7. The van der Waals surface area contributed by atoms with Crippen molar-refractivity contribution in [3.63, 3.8) is 0 Å². The fraction of sp³-hybridized carbons (Fsp3) is 0.286. The molecule has 7 nitrogen and oxygen atoms in total. The van der Waals surface area contributed by atoms with Gasteiger partial charge >= 0.3 is 6.18 Å². The molecule has 0 unspecified atom stereocenters. The van der Waals surface area contributed by atoms with Crippen LogP contribution < -0.4 is 10.9 Å². The predicted molar refractivity (Wildman–Crippen MR) is 135 cm³/mol. The van der Waals surface area contributed by atoms with Crippen molar-refractivity contribution in [2.45, 2.75) is 38.5 Å². The van der Waals surface area contributed by atoms with Crippen molar-refractivity contribution in [1.82, 2.24) is 24.4 Å². The van der Waals surface area contributed by atoms with Gasteiger partial charge in [-0.15, -0.1) is 0 Å². The number of carbonyl (C=O) groups is 1. The third-order valence-electron chi connectivity index (χ3n) is 6.82. The molecule has 0 saturated heterocycles. The van der Waals surface area contributed by atoms with Crippen LogP contribution in [0.3, 0.4) is 0 Å². The van der Waals surface area contributed by atoms with Crippen molar-refractivity contribution >= 4 is 5.91 Å². The van der Waals surface area contributed by atoms with E-state index < -0.39 is 23.8 Å². The van der Waals surface area contributed by atoms with Gasteiger partial charge < -0.3 is 14.5 Å². The molecule has 1 aliphatic rings. The molecule has 11 heteroatoms. The fourth-order valence-electron chi connectivity index (χ4n) is 4.60. The Hall–Kier alpha value is -4.28. The Morgan fingerprint density at radius 1 is 1.18 bits per heavy atom. The molecule has 1 aliphatic carbocycles. The lowest BCUT2D eigenvalue weighted by molar-refractivity contribution is -0.140. The molecule has 1 atom stereocenters. The number of carbonyl (C=O) groups excluding carboxylic acids is 1. The Kier molecular flexibility index (Phi) is 6.83. The third kappa shape index (κ3) is 5.62. The van der Waals surface area contributed by atoms with Crippen LogP contribution in [0.4, 0.5) is 17.6 Å². The summed E-state index contributed by atoms with van der Waals surface area (Å²) in [6.45, 7) is 1.79. The zero-order chi connectivity index (χ0) is 27.9. The van der Waals surface area contributed by atoms with Gasteiger partial charge in [0, 0.05) is 31.2 Å². The van der Waals surface area contributed by atoms with Crippen LogP contribution >= 0.6 is 0 Å². The molecule has 2 N–H and O–H groups in total. The van der Waals surface area contributed by atoms with Crippen LogP contribution in [0.2, 0.25) is 0 Å². The lowest BCUT2D eigenvalue weighted by atomic mass is 9.99. The molecular formula is C28H26F4N6O. The van der Waals surface area contributed by atoms with Crippen LogP contribution in [0.5, 0.6) is 0 Å². The molecule has 3 aromatic heterocycles. The van der Waals surface area contributed by atoms with Crippen molar-refractivity contribution in [2.75, 3.05) is 0 Å². The molecule has 1 aromatic carbocycles. The molecule has 4 aromatic rings. The highest BCUT2D eigenvalue weighted by Crippen LogP contribution is 2.41. The molecule has 0 spiro atoms. The van der Waals surface area contributed by atoms with E-state index in [1.54, 1.807) is 47.6 Å². The first-order valence-electron chi connectivity index (χ1n) is 12.4. The number of imidazole rings is 1. The standard InChI is InChI=1S/C28H26F4N6O/c1-16-12-19(7-8-21(16)29)24(18-5-6-18)36-26(39)23-14-17(15-38-11-10-37(2)27(38)33)13-22(35-23)20-4-3-9-34-25(20)28(30,31)32/h3-4,7-14,18,24,33H,5-6,15H2,1-2H3,(H,36,39)/t24-/m0/s1. The van der Waals surface area contributed by atoms with Crippen molar-refractivity contribution in [3.8, 4) is 11.3 Å². The quantitative estimate of drug-likeness (QED) is 0.319. The molecule has 1 saturated carbocycles. The summed E-state index contributed by atoms with van der Waals surface area (Å²) in [6, 6.07) is 9.94. The van der Waals surface area contributed by atoms with E-state index in [0.29, 0.717) is 11.1 Å². The zero-order valence-corrected chi connectivity index (χ0v) is 21.3. The lowest BCUT2D eigenvalue weighted by Gasteiger charge is -2.20. The van der Waals surface area contributed by atoms with E-state index in [-0.39, 0.29) is 40.8 Å². The summed E-state index contributed by atoms with van der Waals surface area (Å²) in [5.41, 5.74) is 0.409. The first-order chi connectivity index (χ1) is 18.5. The average molecular weight is 539 g/mol. The number of nitrogens with one attached hydrogen (secondary N) is 2. The highest BCUT2D eigenvalue weighted by atomic mass is 19.4. The average Bonchev–Trinajstić information content (AvgIpc) is 3.70. The van der Waals surface area contributed by atoms with E-state index >= 15 is 0 Å². The van der Waals surface area contributed by atoms with Crippen molar-refractivity contribution < 1.29 is 22.4 Å². The normalized spacial score (nSPS) is 14.3. The number of aryl methyl sites for hydroxylation is 2. The molecule has 39 heavy (non-hydrogen) atoms. The van der Waals surface area contributed by atoms with Crippen molar-refractivity contribution in [1.29, 1.82) is 5.41 Å². The summed E-state index contributed by atoms with van der Waals surface area (Å²) in [6.07, 6.45) is 1.47. The van der Waals surface area contributed by atoms with Crippen LogP contribution in [0, 0.1) is 24.1 Å². The SMILES string of the molecule is Cc1cc([C@@H](NC(=O)c2cc(Cn3ccn(C)c3=N)cc(-c3cccnc3C(F)(F)F)n2)C2CC2)ccc1F. The first kappa shape index (κ1) is 26.3.